The Morgan fingerprint density at radius 3 is 2.50 bits per heavy atom. The largest absolute Gasteiger partial charge is 0.492 e. The quantitative estimate of drug-likeness (QED) is 0.767. The fourth-order valence-corrected chi connectivity index (χ4v) is 2.48. The number of hydrogen-bond acceptors (Lipinski definition) is 3. The number of para-hydroxylation sites is 2. The molecule has 0 amide bonds. The van der Waals surface area contributed by atoms with E-state index in [1.807, 2.05) is 13.0 Å². The number of allylic oxidation sites excluding steroid dienone is 1. The lowest BCUT2D eigenvalue weighted by atomic mass is 10.2. The lowest BCUT2D eigenvalue weighted by molar-refractivity contribution is 0.281. The lowest BCUT2D eigenvalue weighted by Crippen LogP contribution is -2.46. The Kier molecular flexibility index (Phi) is 5.48. The van der Waals surface area contributed by atoms with Gasteiger partial charge in [-0.1, -0.05) is 23.8 Å². The zero-order valence-corrected chi connectivity index (χ0v) is 12.9. The van der Waals surface area contributed by atoms with E-state index < -0.39 is 0 Å². The van der Waals surface area contributed by atoms with Crippen LogP contribution in [0.2, 0.25) is 0 Å². The van der Waals surface area contributed by atoms with E-state index >= 15 is 0 Å². The van der Waals surface area contributed by atoms with Gasteiger partial charge in [-0.2, -0.15) is 0 Å². The van der Waals surface area contributed by atoms with E-state index in [1.165, 1.54) is 11.3 Å². The van der Waals surface area contributed by atoms with E-state index in [1.54, 1.807) is 0 Å². The van der Waals surface area contributed by atoms with Gasteiger partial charge in [0.1, 0.15) is 5.75 Å². The molecule has 0 unspecified atom stereocenters. The molecule has 0 saturated carbocycles. The second kappa shape index (κ2) is 7.34. The van der Waals surface area contributed by atoms with Crippen molar-refractivity contribution >= 4 is 5.69 Å². The van der Waals surface area contributed by atoms with E-state index in [0.717, 1.165) is 45.1 Å². The highest BCUT2D eigenvalue weighted by molar-refractivity contribution is 5.58. The van der Waals surface area contributed by atoms with Crippen molar-refractivity contribution in [1.29, 1.82) is 0 Å². The van der Waals surface area contributed by atoms with Crippen molar-refractivity contribution in [2.45, 2.75) is 20.8 Å². The van der Waals surface area contributed by atoms with Crippen molar-refractivity contribution < 1.29 is 4.74 Å². The van der Waals surface area contributed by atoms with Gasteiger partial charge in [-0.3, -0.25) is 4.90 Å². The molecule has 1 saturated heterocycles. The molecule has 1 heterocycles. The first-order valence-electron chi connectivity index (χ1n) is 7.53. The normalized spacial score (nSPS) is 16.1. The highest BCUT2D eigenvalue weighted by Gasteiger charge is 2.18. The van der Waals surface area contributed by atoms with Crippen LogP contribution in [0.15, 0.2) is 35.9 Å². The summed E-state index contributed by atoms with van der Waals surface area (Å²) >= 11 is 0. The zero-order chi connectivity index (χ0) is 14.4. The number of ether oxygens (including phenoxy) is 1. The first kappa shape index (κ1) is 14.9. The predicted molar refractivity (Wildman–Crippen MR) is 85.7 cm³/mol. The average molecular weight is 274 g/mol. The monoisotopic (exact) mass is 274 g/mol. The van der Waals surface area contributed by atoms with Crippen molar-refractivity contribution in [2.24, 2.45) is 0 Å². The smallest absolute Gasteiger partial charge is 0.142 e. The molecule has 0 aromatic heterocycles. The molecule has 0 N–H and O–H groups in total. The molecule has 20 heavy (non-hydrogen) atoms. The van der Waals surface area contributed by atoms with Crippen LogP contribution in [0.4, 0.5) is 5.69 Å². The molecule has 0 radical (unpaired) electrons. The van der Waals surface area contributed by atoms with E-state index in [4.69, 9.17) is 4.74 Å². The van der Waals surface area contributed by atoms with Crippen molar-refractivity contribution in [3.63, 3.8) is 0 Å². The van der Waals surface area contributed by atoms with Gasteiger partial charge in [0.2, 0.25) is 0 Å². The molecular formula is C17H26N2O. The summed E-state index contributed by atoms with van der Waals surface area (Å²) in [6, 6.07) is 8.36. The molecule has 3 nitrogen and oxygen atoms in total. The molecular weight excluding hydrogens is 248 g/mol. The molecule has 1 fully saturated rings. The van der Waals surface area contributed by atoms with Gasteiger partial charge in [0.05, 0.1) is 12.3 Å². The van der Waals surface area contributed by atoms with Gasteiger partial charge >= 0.3 is 0 Å². The van der Waals surface area contributed by atoms with Crippen molar-refractivity contribution in [3.8, 4) is 5.75 Å². The fraction of sp³-hybridized carbons (Fsp3) is 0.529. The third-order valence-corrected chi connectivity index (χ3v) is 3.64. The van der Waals surface area contributed by atoms with Crippen molar-refractivity contribution in [3.05, 3.63) is 35.9 Å². The number of piperazine rings is 1. The third kappa shape index (κ3) is 4.01. The maximum absolute atomic E-state index is 5.73. The molecule has 110 valence electrons. The standard InChI is InChI=1S/C17H26N2O/c1-4-20-17-8-6-5-7-16(17)19-13-11-18(12-14-19)10-9-15(2)3/h5-9H,4,10-14H2,1-3H3. The van der Waals surface area contributed by atoms with E-state index in [9.17, 15) is 0 Å². The van der Waals surface area contributed by atoms with E-state index in [2.05, 4.69) is 47.9 Å². The number of nitrogens with zero attached hydrogens (tertiary/aromatic N) is 2. The van der Waals surface area contributed by atoms with Crippen LogP contribution in [0.1, 0.15) is 20.8 Å². The molecule has 1 aromatic carbocycles. The fourth-order valence-electron chi connectivity index (χ4n) is 2.48. The summed E-state index contributed by atoms with van der Waals surface area (Å²) in [5.74, 6) is 1.01. The average Bonchev–Trinajstić information content (AvgIpc) is 2.47. The summed E-state index contributed by atoms with van der Waals surface area (Å²) in [7, 11) is 0. The van der Waals surface area contributed by atoms with Crippen LogP contribution < -0.4 is 9.64 Å². The third-order valence-electron chi connectivity index (χ3n) is 3.64. The molecule has 0 aliphatic carbocycles. The van der Waals surface area contributed by atoms with Crippen LogP contribution in [0.5, 0.6) is 5.75 Å². The van der Waals surface area contributed by atoms with Gasteiger partial charge in [-0.25, -0.2) is 0 Å². The first-order chi connectivity index (χ1) is 9.70. The minimum absolute atomic E-state index is 0.720. The van der Waals surface area contributed by atoms with E-state index in [-0.39, 0.29) is 0 Å². The summed E-state index contributed by atoms with van der Waals surface area (Å²) in [4.78, 5) is 4.94. The molecule has 1 aromatic rings. The molecule has 0 spiro atoms. The topological polar surface area (TPSA) is 15.7 Å². The van der Waals surface area contributed by atoms with Crippen LogP contribution in [0.25, 0.3) is 0 Å². The SMILES string of the molecule is CCOc1ccccc1N1CCN(CC=C(C)C)CC1. The molecule has 3 heteroatoms. The Bertz CT molecular complexity index is 444. The van der Waals surface area contributed by atoms with Crippen LogP contribution in [0.3, 0.4) is 0 Å². The van der Waals surface area contributed by atoms with E-state index in [0.29, 0.717) is 0 Å². The molecule has 0 atom stereocenters. The number of benzene rings is 1. The van der Waals surface area contributed by atoms with Gasteiger partial charge in [0.25, 0.3) is 0 Å². The van der Waals surface area contributed by atoms with Gasteiger partial charge in [-0.05, 0) is 32.9 Å². The Labute approximate surface area is 122 Å². The Morgan fingerprint density at radius 2 is 1.85 bits per heavy atom. The molecule has 2 rings (SSSR count). The predicted octanol–water partition coefficient (Wildman–Crippen LogP) is 3.17. The van der Waals surface area contributed by atoms with Gasteiger partial charge in [-0.15, -0.1) is 0 Å². The maximum Gasteiger partial charge on any atom is 0.142 e. The highest BCUT2D eigenvalue weighted by atomic mass is 16.5. The van der Waals surface area contributed by atoms with Crippen LogP contribution in [-0.4, -0.2) is 44.2 Å². The Hall–Kier alpha value is -1.48. The van der Waals surface area contributed by atoms with Crippen molar-refractivity contribution in [1.82, 2.24) is 4.90 Å². The first-order valence-corrected chi connectivity index (χ1v) is 7.53. The van der Waals surface area contributed by atoms with Gasteiger partial charge in [0.15, 0.2) is 0 Å². The summed E-state index contributed by atoms with van der Waals surface area (Å²) in [5.41, 5.74) is 2.63. The van der Waals surface area contributed by atoms with Gasteiger partial charge < -0.3 is 9.64 Å². The minimum Gasteiger partial charge on any atom is -0.492 e. The van der Waals surface area contributed by atoms with Crippen LogP contribution >= 0.6 is 0 Å². The molecule has 0 bridgehead atoms. The Morgan fingerprint density at radius 1 is 1.15 bits per heavy atom. The van der Waals surface area contributed by atoms with Crippen molar-refractivity contribution in [2.75, 3.05) is 44.2 Å². The minimum atomic E-state index is 0.720. The summed E-state index contributed by atoms with van der Waals surface area (Å²) < 4.78 is 5.73. The molecule has 1 aliphatic rings. The van der Waals surface area contributed by atoms with Gasteiger partial charge in [0, 0.05) is 32.7 Å². The summed E-state index contributed by atoms with van der Waals surface area (Å²) in [5, 5.41) is 0. The Balaban J connectivity index is 1.95. The maximum atomic E-state index is 5.73. The van der Waals surface area contributed by atoms with Crippen LogP contribution in [0, 0.1) is 0 Å². The number of rotatable bonds is 5. The second-order valence-electron chi connectivity index (χ2n) is 5.47. The lowest BCUT2D eigenvalue weighted by Gasteiger charge is -2.36. The summed E-state index contributed by atoms with van der Waals surface area (Å²) in [6.45, 7) is 12.5. The molecule has 1 aliphatic heterocycles. The zero-order valence-electron chi connectivity index (χ0n) is 12.9. The number of hydrogen-bond donors (Lipinski definition) is 0. The van der Waals surface area contributed by atoms with Crippen LogP contribution in [-0.2, 0) is 0 Å². The second-order valence-corrected chi connectivity index (χ2v) is 5.47. The number of anilines is 1. The summed E-state index contributed by atoms with van der Waals surface area (Å²) in [6.07, 6.45) is 2.31. The highest BCUT2D eigenvalue weighted by Crippen LogP contribution is 2.28.